The quantitative estimate of drug-likeness (QED) is 0.811. The van der Waals surface area contributed by atoms with Crippen LogP contribution in [-0.4, -0.2) is 30.7 Å². The predicted molar refractivity (Wildman–Crippen MR) is 109 cm³/mol. The van der Waals surface area contributed by atoms with Crippen LogP contribution < -0.4 is 5.43 Å². The number of nitrogens with zero attached hydrogens (tertiary/aromatic N) is 1. The van der Waals surface area contributed by atoms with Crippen LogP contribution in [0.1, 0.15) is 32.8 Å². The summed E-state index contributed by atoms with van der Waals surface area (Å²) in [6.07, 6.45) is 9.96. The lowest BCUT2D eigenvalue weighted by molar-refractivity contribution is -0.141. The minimum Gasteiger partial charge on any atom is -0.468 e. The van der Waals surface area contributed by atoms with Crippen LogP contribution in [0, 0.1) is 5.92 Å². The van der Waals surface area contributed by atoms with Crippen molar-refractivity contribution in [3.63, 3.8) is 0 Å². The molecule has 1 heterocycles. The average molecular weight is 364 g/mol. The molecule has 0 bridgehead atoms. The van der Waals surface area contributed by atoms with Gasteiger partial charge in [-0.05, 0) is 54.5 Å². The van der Waals surface area contributed by atoms with Crippen molar-refractivity contribution in [2.24, 2.45) is 5.92 Å². The highest BCUT2D eigenvalue weighted by Gasteiger charge is 2.30. The molecule has 0 amide bonds. The summed E-state index contributed by atoms with van der Waals surface area (Å²) in [5.74, 6) is 0.146. The average Bonchev–Trinajstić information content (AvgIpc) is 3.08. The number of hydrogen-bond donors (Lipinski definition) is 1. The van der Waals surface area contributed by atoms with Gasteiger partial charge in [0, 0.05) is 0 Å². The van der Waals surface area contributed by atoms with Crippen LogP contribution in [0.25, 0.3) is 5.70 Å². The van der Waals surface area contributed by atoms with Crippen LogP contribution >= 0.6 is 0 Å². The van der Waals surface area contributed by atoms with E-state index in [4.69, 9.17) is 4.74 Å². The minimum atomic E-state index is -0.264. The smallest absolute Gasteiger partial charge is 0.326 e. The van der Waals surface area contributed by atoms with Gasteiger partial charge in [-0.3, -0.25) is 9.80 Å². The third kappa shape index (κ3) is 4.40. The first-order chi connectivity index (χ1) is 13.0. The van der Waals surface area contributed by atoms with E-state index < -0.39 is 0 Å². The number of esters is 1. The number of carbonyl (C=O) groups excluding carboxylic acids is 1. The van der Waals surface area contributed by atoms with Crippen molar-refractivity contribution in [3.8, 4) is 0 Å². The maximum absolute atomic E-state index is 11.9. The summed E-state index contributed by atoms with van der Waals surface area (Å²) in [5.41, 5.74) is 9.50. The Morgan fingerprint density at radius 3 is 2.67 bits per heavy atom. The molecule has 2 atom stereocenters. The van der Waals surface area contributed by atoms with E-state index in [0.717, 1.165) is 17.7 Å². The highest BCUT2D eigenvalue weighted by atomic mass is 16.5. The van der Waals surface area contributed by atoms with Gasteiger partial charge in [-0.2, -0.15) is 0 Å². The second-order valence-corrected chi connectivity index (χ2v) is 7.24. The molecule has 0 saturated carbocycles. The van der Waals surface area contributed by atoms with Crippen LogP contribution in [0.4, 0.5) is 0 Å². The number of allylic oxidation sites excluding steroid dienone is 5. The van der Waals surface area contributed by atoms with Crippen LogP contribution in [0.15, 0.2) is 71.4 Å². The molecule has 0 saturated heterocycles. The summed E-state index contributed by atoms with van der Waals surface area (Å²) in [6, 6.07) is 10.2. The number of carbonyl (C=O) groups is 1. The molecule has 4 heteroatoms. The van der Waals surface area contributed by atoms with Crippen molar-refractivity contribution in [1.82, 2.24) is 10.4 Å². The minimum absolute atomic E-state index is 0.0501. The van der Waals surface area contributed by atoms with Crippen molar-refractivity contribution in [2.75, 3.05) is 13.7 Å². The van der Waals surface area contributed by atoms with E-state index in [2.05, 4.69) is 62.6 Å². The third-order valence-electron chi connectivity index (χ3n) is 5.29. The van der Waals surface area contributed by atoms with E-state index >= 15 is 0 Å². The molecule has 0 fully saturated rings. The van der Waals surface area contributed by atoms with Crippen molar-refractivity contribution < 1.29 is 9.53 Å². The highest BCUT2D eigenvalue weighted by Crippen LogP contribution is 2.31. The molecule has 0 radical (unpaired) electrons. The molecule has 1 aromatic rings. The number of hydrazine groups is 1. The van der Waals surface area contributed by atoms with Gasteiger partial charge in [-0.25, -0.2) is 5.43 Å². The molecular weight excluding hydrogens is 336 g/mol. The van der Waals surface area contributed by atoms with E-state index in [-0.39, 0.29) is 18.6 Å². The first-order valence-electron chi connectivity index (χ1n) is 9.43. The lowest BCUT2D eigenvalue weighted by Gasteiger charge is -2.26. The summed E-state index contributed by atoms with van der Waals surface area (Å²) in [4.78, 5) is 11.9. The Balaban J connectivity index is 1.97. The van der Waals surface area contributed by atoms with Crippen LogP contribution in [0.3, 0.4) is 0 Å². The van der Waals surface area contributed by atoms with Gasteiger partial charge >= 0.3 is 5.97 Å². The zero-order valence-electron chi connectivity index (χ0n) is 16.5. The fourth-order valence-electron chi connectivity index (χ4n) is 3.50. The molecule has 0 aromatic heterocycles. The van der Waals surface area contributed by atoms with Gasteiger partial charge < -0.3 is 4.74 Å². The van der Waals surface area contributed by atoms with E-state index in [9.17, 15) is 4.79 Å². The number of rotatable bonds is 4. The number of nitrogens with one attached hydrogen (secondary N) is 1. The summed E-state index contributed by atoms with van der Waals surface area (Å²) in [5, 5.41) is 1.90. The molecule has 3 rings (SSSR count). The van der Waals surface area contributed by atoms with E-state index in [1.54, 1.807) is 0 Å². The second kappa shape index (κ2) is 8.40. The van der Waals surface area contributed by atoms with Gasteiger partial charge in [0.15, 0.2) is 0 Å². The monoisotopic (exact) mass is 364 g/mol. The Kier molecular flexibility index (Phi) is 5.97. The van der Waals surface area contributed by atoms with E-state index in [0.29, 0.717) is 5.92 Å². The second-order valence-electron chi connectivity index (χ2n) is 7.24. The molecule has 1 aliphatic heterocycles. The van der Waals surface area contributed by atoms with Crippen molar-refractivity contribution in [1.29, 1.82) is 0 Å². The van der Waals surface area contributed by atoms with Gasteiger partial charge in [0.25, 0.3) is 0 Å². The zero-order valence-corrected chi connectivity index (χ0v) is 16.5. The van der Waals surface area contributed by atoms with Gasteiger partial charge in [0.2, 0.25) is 0 Å². The van der Waals surface area contributed by atoms with E-state index in [1.165, 1.54) is 23.8 Å². The molecule has 2 aliphatic rings. The third-order valence-corrected chi connectivity index (χ3v) is 5.29. The predicted octanol–water partition coefficient (Wildman–Crippen LogP) is 4.25. The molecule has 2 unspecified atom stereocenters. The molecular formula is C23H28N2O2. The number of ether oxygens (including phenoxy) is 1. The first-order valence-corrected chi connectivity index (χ1v) is 9.43. The van der Waals surface area contributed by atoms with Crippen LogP contribution in [-0.2, 0) is 9.53 Å². The largest absolute Gasteiger partial charge is 0.468 e. The highest BCUT2D eigenvalue weighted by molar-refractivity contribution is 5.76. The first kappa shape index (κ1) is 19.2. The molecule has 142 valence electrons. The molecule has 1 aliphatic carbocycles. The Hall–Kier alpha value is -2.59. The Morgan fingerprint density at radius 1 is 1.22 bits per heavy atom. The Bertz CT molecular complexity index is 818. The lowest BCUT2D eigenvalue weighted by atomic mass is 9.87. The SMILES string of the molecule is COC(=O)CN1NC(C2=CC(C)=C(C)C=CCC2C)C=C1c1ccccc1. The fraction of sp³-hybridized carbons (Fsp3) is 0.348. The standard InChI is InChI=1S/C23H28N2O2/c1-16-9-8-10-17(2)20(13-18(16)3)21-14-22(19-11-6-5-7-12-19)25(24-21)15-23(26)27-4/h5-9,11-14,17,21,24H,10,15H2,1-4H3. The van der Waals surface area contributed by atoms with Crippen molar-refractivity contribution in [2.45, 2.75) is 33.2 Å². The Labute approximate surface area is 161 Å². The normalized spacial score (nSPS) is 22.9. The van der Waals surface area contributed by atoms with Gasteiger partial charge in [0.1, 0.15) is 6.54 Å². The summed E-state index contributed by atoms with van der Waals surface area (Å²) < 4.78 is 4.89. The Morgan fingerprint density at radius 2 is 1.96 bits per heavy atom. The number of methoxy groups -OCH3 is 1. The molecule has 4 nitrogen and oxygen atoms in total. The summed E-state index contributed by atoms with van der Waals surface area (Å²) in [7, 11) is 1.42. The summed E-state index contributed by atoms with van der Waals surface area (Å²) in [6.45, 7) is 6.72. The zero-order chi connectivity index (χ0) is 19.4. The van der Waals surface area contributed by atoms with Gasteiger partial charge in [-0.15, -0.1) is 0 Å². The number of benzene rings is 1. The molecule has 27 heavy (non-hydrogen) atoms. The van der Waals surface area contributed by atoms with Crippen LogP contribution in [0.5, 0.6) is 0 Å². The lowest BCUT2D eigenvalue weighted by Crippen LogP contribution is -2.41. The molecule has 0 spiro atoms. The van der Waals surface area contributed by atoms with E-state index in [1.807, 2.05) is 23.2 Å². The van der Waals surface area contributed by atoms with Gasteiger partial charge in [-0.1, -0.05) is 55.5 Å². The maximum atomic E-state index is 11.9. The fourth-order valence-corrected chi connectivity index (χ4v) is 3.50. The van der Waals surface area contributed by atoms with Crippen molar-refractivity contribution in [3.05, 3.63) is 76.9 Å². The maximum Gasteiger partial charge on any atom is 0.326 e. The topological polar surface area (TPSA) is 41.6 Å². The van der Waals surface area contributed by atoms with Crippen molar-refractivity contribution >= 4 is 11.7 Å². The van der Waals surface area contributed by atoms with Gasteiger partial charge in [0.05, 0.1) is 18.8 Å². The molecule has 1 N–H and O–H groups in total. The van der Waals surface area contributed by atoms with Crippen LogP contribution in [0.2, 0.25) is 0 Å². The molecule has 1 aromatic carbocycles. The number of hydrogen-bond acceptors (Lipinski definition) is 4. The summed E-state index contributed by atoms with van der Waals surface area (Å²) >= 11 is 0.